The first-order valence-electron chi connectivity index (χ1n) is 7.52. The first kappa shape index (κ1) is 16.7. The summed E-state index contributed by atoms with van der Waals surface area (Å²) >= 11 is 1.88. The Morgan fingerprint density at radius 1 is 1.16 bits per heavy atom. The molecular weight excluding hydrogens is 248 g/mol. The fourth-order valence-corrected chi connectivity index (χ4v) is 3.60. The average Bonchev–Trinajstić information content (AvgIpc) is 2.36. The van der Waals surface area contributed by atoms with Crippen LogP contribution in [0.25, 0.3) is 0 Å². The topological polar surface area (TPSA) is 0 Å². The van der Waals surface area contributed by atoms with Gasteiger partial charge in [-0.2, -0.15) is 0 Å². The van der Waals surface area contributed by atoms with Gasteiger partial charge in [-0.3, -0.25) is 0 Å². The van der Waals surface area contributed by atoms with Crippen molar-refractivity contribution in [2.75, 3.05) is 0 Å². The van der Waals surface area contributed by atoms with Crippen LogP contribution in [0.4, 0.5) is 0 Å². The van der Waals surface area contributed by atoms with E-state index in [1.54, 1.807) is 10.5 Å². The van der Waals surface area contributed by atoms with Gasteiger partial charge in [0.2, 0.25) is 0 Å². The number of hydrogen-bond acceptors (Lipinski definition) is 1. The largest absolute Gasteiger partial charge is 0.118 e. The lowest BCUT2D eigenvalue weighted by Gasteiger charge is -2.32. The monoisotopic (exact) mass is 278 g/mol. The number of rotatable bonds is 2. The van der Waals surface area contributed by atoms with Crippen molar-refractivity contribution in [3.8, 4) is 0 Å². The van der Waals surface area contributed by atoms with Crippen molar-refractivity contribution in [1.29, 1.82) is 0 Å². The van der Waals surface area contributed by atoms with Crippen LogP contribution in [-0.4, -0.2) is 0 Å². The quantitative estimate of drug-likeness (QED) is 0.526. The van der Waals surface area contributed by atoms with E-state index in [1.807, 2.05) is 11.8 Å². The molecule has 0 amide bonds. The molecule has 0 N–H and O–H groups in total. The molecule has 0 aromatic rings. The Balaban J connectivity index is 3.22. The van der Waals surface area contributed by atoms with Crippen LogP contribution in [-0.2, 0) is 0 Å². The zero-order chi connectivity index (χ0) is 14.6. The van der Waals surface area contributed by atoms with Gasteiger partial charge in [-0.05, 0) is 47.0 Å². The molecule has 0 fully saturated rings. The minimum absolute atomic E-state index is 0.357. The Morgan fingerprint density at radius 3 is 2.26 bits per heavy atom. The predicted octanol–water partition coefficient (Wildman–Crippen LogP) is 6.41. The van der Waals surface area contributed by atoms with Crippen LogP contribution in [0.5, 0.6) is 0 Å². The summed E-state index contributed by atoms with van der Waals surface area (Å²) in [5.41, 5.74) is 5.37. The van der Waals surface area contributed by atoms with E-state index in [1.165, 1.54) is 6.42 Å². The third-order valence-corrected chi connectivity index (χ3v) is 5.24. The van der Waals surface area contributed by atoms with Crippen molar-refractivity contribution in [3.63, 3.8) is 0 Å². The van der Waals surface area contributed by atoms with Crippen molar-refractivity contribution in [2.24, 2.45) is 23.2 Å². The molecule has 1 heterocycles. The van der Waals surface area contributed by atoms with Gasteiger partial charge in [0, 0.05) is 5.41 Å². The van der Waals surface area contributed by atoms with Gasteiger partial charge in [0.15, 0.2) is 0 Å². The molecule has 19 heavy (non-hydrogen) atoms. The lowest BCUT2D eigenvalue weighted by atomic mass is 9.73. The van der Waals surface area contributed by atoms with Crippen LogP contribution in [0, 0.1) is 23.2 Å². The van der Waals surface area contributed by atoms with E-state index >= 15 is 0 Å². The minimum atomic E-state index is 0.357. The highest BCUT2D eigenvalue weighted by Gasteiger charge is 2.27. The minimum Gasteiger partial charge on any atom is -0.118 e. The van der Waals surface area contributed by atoms with Gasteiger partial charge < -0.3 is 0 Å². The van der Waals surface area contributed by atoms with E-state index in [9.17, 15) is 0 Å². The highest BCUT2D eigenvalue weighted by atomic mass is 32.2. The molecule has 1 aliphatic heterocycles. The summed E-state index contributed by atoms with van der Waals surface area (Å²) in [5, 5.41) is 2.14. The molecule has 1 aliphatic rings. The zero-order valence-corrected chi connectivity index (χ0v) is 14.5. The maximum atomic E-state index is 3.35. The second-order valence-corrected chi connectivity index (χ2v) is 8.22. The Hall–Kier alpha value is -0.390. The maximum absolute atomic E-state index is 3.35. The van der Waals surface area contributed by atoms with Crippen LogP contribution < -0.4 is 0 Å². The smallest absolute Gasteiger partial charge is 0.0172 e. The van der Waals surface area contributed by atoms with Gasteiger partial charge in [-0.25, -0.2) is 0 Å². The Labute approximate surface area is 124 Å². The van der Waals surface area contributed by atoms with Gasteiger partial charge in [-0.1, -0.05) is 65.8 Å². The Morgan fingerprint density at radius 2 is 1.79 bits per heavy atom. The van der Waals surface area contributed by atoms with Gasteiger partial charge in [0.1, 0.15) is 0 Å². The summed E-state index contributed by atoms with van der Waals surface area (Å²) in [6.07, 6.45) is 4.60. The SMILES string of the molecule is CC(C)/C1=C(\C(C)C)SC=C=CCC(C(C)(C)C)C1. The maximum Gasteiger partial charge on any atom is 0.0172 e. The van der Waals surface area contributed by atoms with E-state index < -0.39 is 0 Å². The van der Waals surface area contributed by atoms with Gasteiger partial charge >= 0.3 is 0 Å². The Bertz CT molecular complexity index is 384. The summed E-state index contributed by atoms with van der Waals surface area (Å²) in [6.45, 7) is 16.4. The summed E-state index contributed by atoms with van der Waals surface area (Å²) in [4.78, 5) is 1.56. The van der Waals surface area contributed by atoms with E-state index in [2.05, 4.69) is 65.7 Å². The van der Waals surface area contributed by atoms with Crippen molar-refractivity contribution >= 4 is 11.8 Å². The second-order valence-electron chi connectivity index (χ2n) is 7.31. The van der Waals surface area contributed by atoms with Crippen LogP contribution in [0.3, 0.4) is 0 Å². The summed E-state index contributed by atoms with van der Waals surface area (Å²) < 4.78 is 0. The van der Waals surface area contributed by atoms with E-state index in [-0.39, 0.29) is 0 Å². The standard InChI is InChI=1S/C18H30S/c1-13(2)16-12-15(18(5,6)7)10-8-9-11-19-17(16)14(3)4/h8,11,13-15H,10,12H2,1-7H3/b17-16+. The molecule has 0 aromatic carbocycles. The molecule has 0 nitrogen and oxygen atoms in total. The molecule has 108 valence electrons. The third-order valence-electron chi connectivity index (χ3n) is 4.00. The summed E-state index contributed by atoms with van der Waals surface area (Å²) in [5.74, 6) is 1.96. The van der Waals surface area contributed by atoms with Crippen LogP contribution in [0.15, 0.2) is 27.7 Å². The van der Waals surface area contributed by atoms with Crippen LogP contribution in [0.2, 0.25) is 0 Å². The van der Waals surface area contributed by atoms with Crippen molar-refractivity contribution in [1.82, 2.24) is 0 Å². The number of hydrogen-bond donors (Lipinski definition) is 0. The summed E-state index contributed by atoms with van der Waals surface area (Å²) in [6, 6.07) is 0. The van der Waals surface area contributed by atoms with Crippen molar-refractivity contribution < 1.29 is 0 Å². The molecular formula is C18H30S. The van der Waals surface area contributed by atoms with E-state index in [0.717, 1.165) is 6.42 Å². The Kier molecular flexibility index (Phi) is 6.02. The van der Waals surface area contributed by atoms with E-state index in [0.29, 0.717) is 23.2 Å². The molecule has 1 unspecified atom stereocenters. The highest BCUT2D eigenvalue weighted by molar-refractivity contribution is 8.05. The molecule has 0 saturated heterocycles. The number of thioether (sulfide) groups is 1. The second kappa shape index (κ2) is 6.86. The summed E-state index contributed by atoms with van der Waals surface area (Å²) in [7, 11) is 0. The average molecular weight is 279 g/mol. The van der Waals surface area contributed by atoms with Crippen LogP contribution in [0.1, 0.15) is 61.3 Å². The molecule has 1 atom stereocenters. The van der Waals surface area contributed by atoms with E-state index in [4.69, 9.17) is 0 Å². The molecule has 1 heteroatoms. The van der Waals surface area contributed by atoms with Crippen LogP contribution >= 0.6 is 11.8 Å². The fraction of sp³-hybridized carbons (Fsp3) is 0.722. The van der Waals surface area contributed by atoms with Crippen molar-refractivity contribution in [3.05, 3.63) is 27.7 Å². The number of allylic oxidation sites excluding steroid dienone is 3. The zero-order valence-electron chi connectivity index (χ0n) is 13.7. The third kappa shape index (κ3) is 4.89. The van der Waals surface area contributed by atoms with Gasteiger partial charge in [-0.15, -0.1) is 5.73 Å². The lowest BCUT2D eigenvalue weighted by molar-refractivity contribution is 0.236. The molecule has 0 aliphatic carbocycles. The lowest BCUT2D eigenvalue weighted by Crippen LogP contribution is -2.22. The highest BCUT2D eigenvalue weighted by Crippen LogP contribution is 2.41. The van der Waals surface area contributed by atoms with Gasteiger partial charge in [0.05, 0.1) is 0 Å². The molecule has 0 spiro atoms. The normalized spacial score (nSPS) is 25.6. The fourth-order valence-electron chi connectivity index (χ4n) is 2.57. The molecule has 1 rings (SSSR count). The molecule has 0 saturated carbocycles. The molecule has 0 aromatic heterocycles. The van der Waals surface area contributed by atoms with Gasteiger partial charge in [0.25, 0.3) is 0 Å². The predicted molar refractivity (Wildman–Crippen MR) is 89.1 cm³/mol. The first-order chi connectivity index (χ1) is 8.73. The van der Waals surface area contributed by atoms with Crippen molar-refractivity contribution in [2.45, 2.75) is 61.3 Å². The first-order valence-corrected chi connectivity index (χ1v) is 8.40. The molecule has 0 bridgehead atoms. The molecule has 0 radical (unpaired) electrons.